The van der Waals surface area contributed by atoms with Crippen molar-refractivity contribution in [1.29, 1.82) is 0 Å². The van der Waals surface area contributed by atoms with Gasteiger partial charge in [0.15, 0.2) is 10.8 Å². The van der Waals surface area contributed by atoms with Gasteiger partial charge >= 0.3 is 0 Å². The van der Waals surface area contributed by atoms with Gasteiger partial charge in [0.2, 0.25) is 5.91 Å². The lowest BCUT2D eigenvalue weighted by Gasteiger charge is -2.05. The molecule has 7 heteroatoms. The summed E-state index contributed by atoms with van der Waals surface area (Å²) in [5.41, 5.74) is 0.215. The molecule has 2 N–H and O–H groups in total. The molecule has 0 aromatic carbocycles. The predicted molar refractivity (Wildman–Crippen MR) is 69.8 cm³/mol. The molecule has 1 fully saturated rings. The van der Waals surface area contributed by atoms with Crippen molar-refractivity contribution in [3.05, 3.63) is 23.0 Å². The van der Waals surface area contributed by atoms with Crippen molar-refractivity contribution >= 4 is 23.4 Å². The highest BCUT2D eigenvalue weighted by atomic mass is 35.5. The van der Waals surface area contributed by atoms with Crippen molar-refractivity contribution in [1.82, 2.24) is 20.8 Å². The number of amides is 2. The molecular formula is C12H15ClN4O2. The quantitative estimate of drug-likeness (QED) is 0.760. The monoisotopic (exact) mass is 282 g/mol. The average molecular weight is 283 g/mol. The van der Waals surface area contributed by atoms with Gasteiger partial charge in [-0.1, -0.05) is 11.6 Å². The molecule has 1 aromatic heterocycles. The second-order valence-corrected chi connectivity index (χ2v) is 4.83. The fourth-order valence-corrected chi connectivity index (χ4v) is 1.61. The van der Waals surface area contributed by atoms with Gasteiger partial charge in [0.05, 0.1) is 0 Å². The molecule has 0 radical (unpaired) electrons. The molecule has 2 amide bonds. The summed E-state index contributed by atoms with van der Waals surface area (Å²) in [7, 11) is 0. The minimum Gasteiger partial charge on any atom is -0.353 e. The van der Waals surface area contributed by atoms with Crippen LogP contribution in [0.25, 0.3) is 0 Å². The molecule has 1 aliphatic carbocycles. The third-order valence-corrected chi connectivity index (χ3v) is 2.87. The van der Waals surface area contributed by atoms with Crippen LogP contribution in [0.2, 0.25) is 5.15 Å². The van der Waals surface area contributed by atoms with Gasteiger partial charge in [0.1, 0.15) is 0 Å². The fraction of sp³-hybridized carbons (Fsp3) is 0.500. The van der Waals surface area contributed by atoms with Gasteiger partial charge in [0.25, 0.3) is 5.91 Å². The maximum absolute atomic E-state index is 11.6. The molecule has 0 spiro atoms. The first-order valence-corrected chi connectivity index (χ1v) is 6.60. The van der Waals surface area contributed by atoms with Gasteiger partial charge in [-0.05, 0) is 31.4 Å². The minimum absolute atomic E-state index is 0.0445. The van der Waals surface area contributed by atoms with Crippen LogP contribution in [0, 0.1) is 0 Å². The van der Waals surface area contributed by atoms with Gasteiger partial charge in [-0.25, -0.2) is 0 Å². The highest BCUT2D eigenvalue weighted by Crippen LogP contribution is 2.18. The maximum Gasteiger partial charge on any atom is 0.271 e. The Morgan fingerprint density at radius 2 is 2.11 bits per heavy atom. The first-order valence-electron chi connectivity index (χ1n) is 6.22. The van der Waals surface area contributed by atoms with Gasteiger partial charge in [-0.15, -0.1) is 10.2 Å². The number of hydrogen-bond donors (Lipinski definition) is 2. The Morgan fingerprint density at radius 1 is 1.32 bits per heavy atom. The van der Waals surface area contributed by atoms with Crippen molar-refractivity contribution < 1.29 is 9.59 Å². The van der Waals surface area contributed by atoms with E-state index in [1.165, 1.54) is 12.1 Å². The molecule has 0 aliphatic heterocycles. The van der Waals surface area contributed by atoms with E-state index in [9.17, 15) is 9.59 Å². The Hall–Kier alpha value is -1.69. The summed E-state index contributed by atoms with van der Waals surface area (Å²) in [5, 5.41) is 13.1. The van der Waals surface area contributed by atoms with E-state index in [0.29, 0.717) is 25.4 Å². The molecule has 0 unspecified atom stereocenters. The molecule has 1 heterocycles. The van der Waals surface area contributed by atoms with Crippen LogP contribution >= 0.6 is 11.6 Å². The van der Waals surface area contributed by atoms with Crippen LogP contribution in [0.5, 0.6) is 0 Å². The molecule has 1 aliphatic rings. The van der Waals surface area contributed by atoms with Crippen LogP contribution < -0.4 is 10.6 Å². The number of rotatable bonds is 6. The first-order chi connectivity index (χ1) is 9.15. The second kappa shape index (κ2) is 6.47. The van der Waals surface area contributed by atoms with Crippen LogP contribution in [0.15, 0.2) is 12.1 Å². The number of nitrogens with zero attached hydrogens (tertiary/aromatic N) is 2. The van der Waals surface area contributed by atoms with E-state index in [4.69, 9.17) is 11.6 Å². The van der Waals surface area contributed by atoms with E-state index >= 15 is 0 Å². The fourth-order valence-electron chi connectivity index (χ4n) is 1.51. The normalized spacial score (nSPS) is 13.9. The highest BCUT2D eigenvalue weighted by Gasteiger charge is 2.22. The third-order valence-electron chi connectivity index (χ3n) is 2.67. The summed E-state index contributed by atoms with van der Waals surface area (Å²) in [6.07, 6.45) is 3.18. The van der Waals surface area contributed by atoms with Crippen molar-refractivity contribution in [3.63, 3.8) is 0 Å². The molecule has 1 saturated carbocycles. The standard InChI is InChI=1S/C12H15ClN4O2/c13-10-6-5-9(16-17-10)12(19)14-7-1-2-11(18)15-8-3-4-8/h5-6,8H,1-4,7H2,(H,14,19)(H,15,18). The smallest absolute Gasteiger partial charge is 0.271 e. The molecule has 6 nitrogen and oxygen atoms in total. The van der Waals surface area contributed by atoms with Crippen LogP contribution in [0.3, 0.4) is 0 Å². The lowest BCUT2D eigenvalue weighted by Crippen LogP contribution is -2.28. The number of carbonyl (C=O) groups is 2. The Bertz CT molecular complexity index is 459. The second-order valence-electron chi connectivity index (χ2n) is 4.44. The summed E-state index contributed by atoms with van der Waals surface area (Å²) in [4.78, 5) is 23.0. The lowest BCUT2D eigenvalue weighted by molar-refractivity contribution is -0.121. The van der Waals surface area contributed by atoms with Crippen LogP contribution in [0.4, 0.5) is 0 Å². The van der Waals surface area contributed by atoms with Crippen LogP contribution in [-0.2, 0) is 4.79 Å². The average Bonchev–Trinajstić information content (AvgIpc) is 3.19. The highest BCUT2D eigenvalue weighted by molar-refractivity contribution is 6.29. The Kier molecular flexibility index (Phi) is 4.68. The molecule has 1 aromatic rings. The van der Waals surface area contributed by atoms with E-state index < -0.39 is 0 Å². The number of aromatic nitrogens is 2. The number of nitrogens with one attached hydrogen (secondary N) is 2. The molecule has 0 atom stereocenters. The van der Waals surface area contributed by atoms with Gasteiger partial charge in [0, 0.05) is 19.0 Å². The van der Waals surface area contributed by atoms with Gasteiger partial charge in [-0.3, -0.25) is 9.59 Å². The molecule has 19 heavy (non-hydrogen) atoms. The van der Waals surface area contributed by atoms with E-state index in [2.05, 4.69) is 20.8 Å². The summed E-state index contributed by atoms with van der Waals surface area (Å²) in [5.74, 6) is -0.269. The van der Waals surface area contributed by atoms with Crippen molar-refractivity contribution in [2.45, 2.75) is 31.7 Å². The zero-order valence-electron chi connectivity index (χ0n) is 10.4. The predicted octanol–water partition coefficient (Wildman–Crippen LogP) is 0.919. The van der Waals surface area contributed by atoms with E-state index in [1.54, 1.807) is 0 Å². The lowest BCUT2D eigenvalue weighted by atomic mass is 10.3. The summed E-state index contributed by atoms with van der Waals surface area (Å²) in [6, 6.07) is 3.39. The molecular weight excluding hydrogens is 268 g/mol. The Labute approximate surface area is 115 Å². The maximum atomic E-state index is 11.6. The number of halogens is 1. The van der Waals surface area contributed by atoms with E-state index in [1.807, 2.05) is 0 Å². The van der Waals surface area contributed by atoms with E-state index in [0.717, 1.165) is 12.8 Å². The Morgan fingerprint density at radius 3 is 2.74 bits per heavy atom. The SMILES string of the molecule is O=C(CCCNC(=O)c1ccc(Cl)nn1)NC1CC1. The van der Waals surface area contributed by atoms with Crippen LogP contribution in [-0.4, -0.2) is 34.6 Å². The van der Waals surface area contributed by atoms with Crippen molar-refractivity contribution in [3.8, 4) is 0 Å². The zero-order chi connectivity index (χ0) is 13.7. The topological polar surface area (TPSA) is 84.0 Å². The molecule has 102 valence electrons. The molecule has 0 saturated heterocycles. The van der Waals surface area contributed by atoms with E-state index in [-0.39, 0.29) is 22.7 Å². The van der Waals surface area contributed by atoms with Crippen molar-refractivity contribution in [2.24, 2.45) is 0 Å². The number of carbonyl (C=O) groups excluding carboxylic acids is 2. The zero-order valence-corrected chi connectivity index (χ0v) is 11.1. The summed E-state index contributed by atoms with van der Waals surface area (Å²) >= 11 is 5.57. The first kappa shape index (κ1) is 13.7. The third kappa shape index (κ3) is 4.82. The minimum atomic E-state index is -0.313. The van der Waals surface area contributed by atoms with Crippen molar-refractivity contribution in [2.75, 3.05) is 6.54 Å². The Balaban J connectivity index is 1.63. The summed E-state index contributed by atoms with van der Waals surface area (Å²) < 4.78 is 0. The largest absolute Gasteiger partial charge is 0.353 e. The molecule has 2 rings (SSSR count). The van der Waals surface area contributed by atoms with Crippen LogP contribution in [0.1, 0.15) is 36.2 Å². The summed E-state index contributed by atoms with van der Waals surface area (Å²) in [6.45, 7) is 0.432. The van der Waals surface area contributed by atoms with Gasteiger partial charge < -0.3 is 10.6 Å². The number of hydrogen-bond acceptors (Lipinski definition) is 4. The molecule has 0 bridgehead atoms. The van der Waals surface area contributed by atoms with Gasteiger partial charge in [-0.2, -0.15) is 0 Å².